The summed E-state index contributed by atoms with van der Waals surface area (Å²) in [6.07, 6.45) is 1.21. The predicted molar refractivity (Wildman–Crippen MR) is 46.8 cm³/mol. The van der Waals surface area contributed by atoms with Crippen LogP contribution in [0.5, 0.6) is 0 Å². The van der Waals surface area contributed by atoms with Crippen molar-refractivity contribution in [3.63, 3.8) is 0 Å². The molecule has 0 radical (unpaired) electrons. The van der Waals surface area contributed by atoms with Crippen LogP contribution in [-0.2, 0) is 14.3 Å². The largest absolute Gasteiger partial charge is 0.465 e. The maximum absolute atomic E-state index is 11.1. The Labute approximate surface area is 78.4 Å². The summed E-state index contributed by atoms with van der Waals surface area (Å²) in [5, 5.41) is 8.63. The van der Waals surface area contributed by atoms with Gasteiger partial charge in [-0.2, -0.15) is 5.26 Å². The average molecular weight is 185 g/mol. The Balaban J connectivity index is 3.76. The Kier molecular flexibility index (Phi) is 6.93. The van der Waals surface area contributed by atoms with Gasteiger partial charge in [0.25, 0.3) is 0 Å². The Hall–Kier alpha value is -1.08. The van der Waals surface area contributed by atoms with Crippen molar-refractivity contribution in [3.05, 3.63) is 0 Å². The van der Waals surface area contributed by atoms with Gasteiger partial charge in [-0.25, -0.2) is 0 Å². The van der Waals surface area contributed by atoms with Crippen molar-refractivity contribution in [2.45, 2.75) is 19.8 Å². The molecule has 4 nitrogen and oxygen atoms in total. The van der Waals surface area contributed by atoms with E-state index in [1.807, 2.05) is 6.07 Å². The van der Waals surface area contributed by atoms with Crippen molar-refractivity contribution >= 4 is 5.97 Å². The monoisotopic (exact) mass is 185 g/mol. The van der Waals surface area contributed by atoms with Gasteiger partial charge < -0.3 is 9.47 Å². The fourth-order valence-electron chi connectivity index (χ4n) is 0.910. The molecule has 1 unspecified atom stereocenters. The SMILES string of the molecule is CCOC(=O)C(C#N)CCCOC. The molecule has 0 aromatic rings. The minimum atomic E-state index is -0.643. The Morgan fingerprint density at radius 1 is 1.62 bits per heavy atom. The zero-order valence-electron chi connectivity index (χ0n) is 8.08. The van der Waals surface area contributed by atoms with E-state index in [0.29, 0.717) is 26.1 Å². The lowest BCUT2D eigenvalue weighted by molar-refractivity contribution is -0.146. The lowest BCUT2D eigenvalue weighted by Crippen LogP contribution is -2.16. The van der Waals surface area contributed by atoms with Crippen molar-refractivity contribution in [1.82, 2.24) is 0 Å². The summed E-state index contributed by atoms with van der Waals surface area (Å²) in [4.78, 5) is 11.1. The number of hydrogen-bond donors (Lipinski definition) is 0. The first-order valence-electron chi connectivity index (χ1n) is 4.31. The summed E-state index contributed by atoms with van der Waals surface area (Å²) < 4.78 is 9.54. The van der Waals surface area contributed by atoms with E-state index in [9.17, 15) is 4.79 Å². The van der Waals surface area contributed by atoms with Gasteiger partial charge in [0.1, 0.15) is 5.92 Å². The normalized spacial score (nSPS) is 11.8. The first kappa shape index (κ1) is 11.9. The highest BCUT2D eigenvalue weighted by molar-refractivity contribution is 5.75. The van der Waals surface area contributed by atoms with E-state index in [0.717, 1.165) is 0 Å². The molecule has 0 saturated heterocycles. The molecule has 0 aliphatic rings. The molecule has 0 rings (SSSR count). The molecule has 0 aliphatic carbocycles. The molecule has 0 aromatic heterocycles. The summed E-state index contributed by atoms with van der Waals surface area (Å²) in [6, 6.07) is 1.92. The van der Waals surface area contributed by atoms with Gasteiger partial charge in [-0.3, -0.25) is 4.79 Å². The fourth-order valence-corrected chi connectivity index (χ4v) is 0.910. The Morgan fingerprint density at radius 3 is 2.77 bits per heavy atom. The Morgan fingerprint density at radius 2 is 2.31 bits per heavy atom. The molecule has 0 aromatic carbocycles. The van der Waals surface area contributed by atoms with Crippen molar-refractivity contribution in [2.24, 2.45) is 5.92 Å². The van der Waals surface area contributed by atoms with E-state index in [2.05, 4.69) is 0 Å². The maximum Gasteiger partial charge on any atom is 0.323 e. The number of hydrogen-bond acceptors (Lipinski definition) is 4. The minimum Gasteiger partial charge on any atom is -0.465 e. The van der Waals surface area contributed by atoms with Gasteiger partial charge in [-0.05, 0) is 19.8 Å². The van der Waals surface area contributed by atoms with E-state index in [4.69, 9.17) is 14.7 Å². The van der Waals surface area contributed by atoms with E-state index in [1.54, 1.807) is 14.0 Å². The molecule has 0 saturated carbocycles. The quantitative estimate of drug-likeness (QED) is 0.459. The van der Waals surface area contributed by atoms with Crippen LogP contribution in [0, 0.1) is 17.2 Å². The molecular formula is C9H15NO3. The van der Waals surface area contributed by atoms with Gasteiger partial charge >= 0.3 is 5.97 Å². The maximum atomic E-state index is 11.1. The number of carbonyl (C=O) groups excluding carboxylic acids is 1. The van der Waals surface area contributed by atoms with Crippen molar-refractivity contribution in [2.75, 3.05) is 20.3 Å². The third-order valence-corrected chi connectivity index (χ3v) is 1.57. The van der Waals surface area contributed by atoms with Crippen LogP contribution >= 0.6 is 0 Å². The second-order valence-electron chi connectivity index (χ2n) is 2.57. The van der Waals surface area contributed by atoms with Crippen LogP contribution in [0.15, 0.2) is 0 Å². The summed E-state index contributed by atoms with van der Waals surface area (Å²) in [6.45, 7) is 2.61. The number of rotatable bonds is 6. The van der Waals surface area contributed by atoms with Crippen LogP contribution in [-0.4, -0.2) is 26.3 Å². The van der Waals surface area contributed by atoms with E-state index < -0.39 is 11.9 Å². The molecule has 0 bridgehead atoms. The zero-order chi connectivity index (χ0) is 10.1. The van der Waals surface area contributed by atoms with Crippen molar-refractivity contribution in [1.29, 1.82) is 5.26 Å². The highest BCUT2D eigenvalue weighted by Gasteiger charge is 2.17. The number of esters is 1. The van der Waals surface area contributed by atoms with Gasteiger partial charge in [0.15, 0.2) is 0 Å². The average Bonchev–Trinajstić information content (AvgIpc) is 2.13. The van der Waals surface area contributed by atoms with Gasteiger partial charge in [0.05, 0.1) is 12.7 Å². The van der Waals surface area contributed by atoms with Gasteiger partial charge in [-0.15, -0.1) is 0 Å². The van der Waals surface area contributed by atoms with E-state index in [-0.39, 0.29) is 0 Å². The lowest BCUT2D eigenvalue weighted by atomic mass is 10.1. The third kappa shape index (κ3) is 5.21. The van der Waals surface area contributed by atoms with E-state index >= 15 is 0 Å². The highest BCUT2D eigenvalue weighted by atomic mass is 16.5. The first-order valence-corrected chi connectivity index (χ1v) is 4.31. The molecule has 0 fully saturated rings. The smallest absolute Gasteiger partial charge is 0.323 e. The molecule has 0 spiro atoms. The molecule has 0 amide bonds. The molecule has 4 heteroatoms. The summed E-state index contributed by atoms with van der Waals surface area (Å²) in [5.74, 6) is -1.07. The number of carbonyl (C=O) groups is 1. The van der Waals surface area contributed by atoms with Crippen LogP contribution in [0.2, 0.25) is 0 Å². The molecule has 0 N–H and O–H groups in total. The predicted octanol–water partition coefficient (Wildman–Crippen LogP) is 1.12. The summed E-state index contributed by atoms with van der Waals surface area (Å²) in [7, 11) is 1.59. The molecule has 0 heterocycles. The second kappa shape index (κ2) is 7.56. The lowest BCUT2D eigenvalue weighted by Gasteiger charge is -2.06. The van der Waals surface area contributed by atoms with E-state index in [1.165, 1.54) is 0 Å². The van der Waals surface area contributed by atoms with Crippen LogP contribution in [0.4, 0.5) is 0 Å². The zero-order valence-corrected chi connectivity index (χ0v) is 8.08. The number of nitriles is 1. The summed E-state index contributed by atoms with van der Waals surface area (Å²) in [5.41, 5.74) is 0. The minimum absolute atomic E-state index is 0.321. The fraction of sp³-hybridized carbons (Fsp3) is 0.778. The molecule has 0 aliphatic heterocycles. The van der Waals surface area contributed by atoms with Gasteiger partial charge in [0, 0.05) is 13.7 Å². The standard InChI is InChI=1S/C9H15NO3/c1-3-13-9(11)8(7-10)5-4-6-12-2/h8H,3-6H2,1-2H3. The van der Waals surface area contributed by atoms with Crippen LogP contribution in [0.1, 0.15) is 19.8 Å². The van der Waals surface area contributed by atoms with Crippen LogP contribution < -0.4 is 0 Å². The molecule has 74 valence electrons. The Bertz CT molecular complexity index is 186. The van der Waals surface area contributed by atoms with Crippen LogP contribution in [0.25, 0.3) is 0 Å². The highest BCUT2D eigenvalue weighted by Crippen LogP contribution is 2.07. The van der Waals surface area contributed by atoms with Gasteiger partial charge in [-0.1, -0.05) is 0 Å². The number of ether oxygens (including phenoxy) is 2. The molecular weight excluding hydrogens is 170 g/mol. The van der Waals surface area contributed by atoms with Crippen molar-refractivity contribution < 1.29 is 14.3 Å². The second-order valence-corrected chi connectivity index (χ2v) is 2.57. The summed E-state index contributed by atoms with van der Waals surface area (Å²) >= 11 is 0. The number of methoxy groups -OCH3 is 1. The molecule has 13 heavy (non-hydrogen) atoms. The van der Waals surface area contributed by atoms with Crippen molar-refractivity contribution in [3.8, 4) is 6.07 Å². The third-order valence-electron chi connectivity index (χ3n) is 1.57. The number of nitrogens with zero attached hydrogens (tertiary/aromatic N) is 1. The van der Waals surface area contributed by atoms with Crippen LogP contribution in [0.3, 0.4) is 0 Å². The topological polar surface area (TPSA) is 59.3 Å². The first-order chi connectivity index (χ1) is 6.26. The van der Waals surface area contributed by atoms with Gasteiger partial charge in [0.2, 0.25) is 0 Å². The molecule has 1 atom stereocenters.